The maximum Gasteiger partial charge on any atom is 0.233 e. The van der Waals surface area contributed by atoms with Crippen LogP contribution in [0.5, 0.6) is 0 Å². The molecule has 1 aliphatic heterocycles. The minimum absolute atomic E-state index is 0.00867. The van der Waals surface area contributed by atoms with Crippen LogP contribution in [-0.4, -0.2) is 29.4 Å². The van der Waals surface area contributed by atoms with E-state index in [1.54, 1.807) is 0 Å². The van der Waals surface area contributed by atoms with E-state index in [0.717, 1.165) is 5.82 Å². The van der Waals surface area contributed by atoms with Crippen molar-refractivity contribution in [3.8, 4) is 0 Å². The highest BCUT2D eigenvalue weighted by Gasteiger charge is 2.32. The van der Waals surface area contributed by atoms with Crippen molar-refractivity contribution in [1.82, 2.24) is 10.1 Å². The molecule has 1 saturated carbocycles. The first-order valence-electron chi connectivity index (χ1n) is 7.51. The molecule has 0 aromatic carbocycles. The summed E-state index contributed by atoms with van der Waals surface area (Å²) < 4.78 is 10.8. The van der Waals surface area contributed by atoms with Gasteiger partial charge in [0.25, 0.3) is 0 Å². The van der Waals surface area contributed by atoms with Gasteiger partial charge in [0, 0.05) is 12.0 Å². The number of rotatable bonds is 2. The Hall–Kier alpha value is -0.940. The van der Waals surface area contributed by atoms with Crippen molar-refractivity contribution in [2.24, 2.45) is 5.73 Å². The number of ether oxygens (including phenoxy) is 1. The van der Waals surface area contributed by atoms with E-state index in [1.165, 1.54) is 44.9 Å². The average Bonchev–Trinajstić information content (AvgIpc) is 2.97. The quantitative estimate of drug-likeness (QED) is 0.888. The van der Waals surface area contributed by atoms with Crippen molar-refractivity contribution in [2.45, 2.75) is 62.8 Å². The van der Waals surface area contributed by atoms with Crippen LogP contribution >= 0.6 is 0 Å². The number of aromatic nitrogens is 2. The van der Waals surface area contributed by atoms with E-state index in [-0.39, 0.29) is 12.0 Å². The monoisotopic (exact) mass is 265 g/mol. The molecule has 1 aromatic heterocycles. The molecule has 1 saturated heterocycles. The topological polar surface area (TPSA) is 74.2 Å². The van der Waals surface area contributed by atoms with Crippen LogP contribution in [0.4, 0.5) is 0 Å². The molecule has 0 radical (unpaired) electrons. The van der Waals surface area contributed by atoms with Gasteiger partial charge in [-0.1, -0.05) is 37.3 Å². The summed E-state index contributed by atoms with van der Waals surface area (Å²) in [4.78, 5) is 4.60. The van der Waals surface area contributed by atoms with Gasteiger partial charge < -0.3 is 15.0 Å². The highest BCUT2D eigenvalue weighted by Crippen LogP contribution is 2.31. The summed E-state index contributed by atoms with van der Waals surface area (Å²) in [6.45, 7) is 1.19. The fourth-order valence-corrected chi connectivity index (χ4v) is 3.10. The summed E-state index contributed by atoms with van der Waals surface area (Å²) in [6.07, 6.45) is 8.98. The lowest BCUT2D eigenvalue weighted by molar-refractivity contribution is 0.187. The van der Waals surface area contributed by atoms with Crippen LogP contribution in [0.3, 0.4) is 0 Å². The van der Waals surface area contributed by atoms with E-state index < -0.39 is 0 Å². The Labute approximate surface area is 113 Å². The van der Waals surface area contributed by atoms with Crippen molar-refractivity contribution in [3.05, 3.63) is 11.7 Å². The van der Waals surface area contributed by atoms with Crippen molar-refractivity contribution in [3.63, 3.8) is 0 Å². The minimum atomic E-state index is -0.00867. The molecule has 5 heteroatoms. The lowest BCUT2D eigenvalue weighted by atomic mass is 9.91. The third-order valence-corrected chi connectivity index (χ3v) is 4.37. The summed E-state index contributed by atoms with van der Waals surface area (Å²) >= 11 is 0. The van der Waals surface area contributed by atoms with Gasteiger partial charge in [-0.2, -0.15) is 4.98 Å². The maximum absolute atomic E-state index is 5.99. The minimum Gasteiger partial charge on any atom is -0.379 e. The molecule has 2 atom stereocenters. The summed E-state index contributed by atoms with van der Waals surface area (Å²) in [5.41, 5.74) is 5.99. The Balaban J connectivity index is 1.69. The van der Waals surface area contributed by atoms with E-state index in [2.05, 4.69) is 10.1 Å². The van der Waals surface area contributed by atoms with Crippen LogP contribution in [0.15, 0.2) is 4.52 Å². The summed E-state index contributed by atoms with van der Waals surface area (Å²) in [5, 5.41) is 4.19. The molecule has 106 valence electrons. The maximum atomic E-state index is 5.99. The molecule has 2 unspecified atom stereocenters. The Kier molecular flexibility index (Phi) is 4.13. The lowest BCUT2D eigenvalue weighted by Gasteiger charge is -2.15. The summed E-state index contributed by atoms with van der Waals surface area (Å²) in [7, 11) is 0. The molecule has 19 heavy (non-hydrogen) atoms. The van der Waals surface area contributed by atoms with Crippen molar-refractivity contribution in [2.75, 3.05) is 13.2 Å². The summed E-state index contributed by atoms with van der Waals surface area (Å²) in [5.74, 6) is 2.10. The fourth-order valence-electron chi connectivity index (χ4n) is 3.10. The molecule has 2 aliphatic rings. The van der Waals surface area contributed by atoms with Gasteiger partial charge in [0.05, 0.1) is 19.1 Å². The average molecular weight is 265 g/mol. The van der Waals surface area contributed by atoms with Crippen LogP contribution in [0.25, 0.3) is 0 Å². The van der Waals surface area contributed by atoms with Crippen molar-refractivity contribution in [1.29, 1.82) is 0 Å². The molecule has 1 aliphatic carbocycles. The van der Waals surface area contributed by atoms with E-state index in [0.29, 0.717) is 25.0 Å². The fraction of sp³-hybridized carbons (Fsp3) is 0.857. The van der Waals surface area contributed by atoms with Gasteiger partial charge in [0.15, 0.2) is 5.82 Å². The van der Waals surface area contributed by atoms with Gasteiger partial charge in [0.2, 0.25) is 5.89 Å². The number of hydrogen-bond donors (Lipinski definition) is 1. The Bertz CT molecular complexity index is 399. The van der Waals surface area contributed by atoms with Crippen LogP contribution in [-0.2, 0) is 4.74 Å². The van der Waals surface area contributed by atoms with Gasteiger partial charge in [-0.25, -0.2) is 0 Å². The molecule has 3 rings (SSSR count). The van der Waals surface area contributed by atoms with Crippen LogP contribution in [0, 0.1) is 0 Å². The lowest BCUT2D eigenvalue weighted by Crippen LogP contribution is -2.27. The molecule has 2 fully saturated rings. The standard InChI is InChI=1S/C14H23N3O2/c15-12-9-18-8-11(12)14-16-13(17-19-14)10-6-4-2-1-3-5-7-10/h10-12H,1-9,15H2. The molecule has 0 bridgehead atoms. The highest BCUT2D eigenvalue weighted by molar-refractivity contribution is 5.04. The molecule has 1 aromatic rings. The first-order chi connectivity index (χ1) is 9.34. The smallest absolute Gasteiger partial charge is 0.233 e. The van der Waals surface area contributed by atoms with Crippen molar-refractivity contribution < 1.29 is 9.26 Å². The van der Waals surface area contributed by atoms with Crippen molar-refractivity contribution >= 4 is 0 Å². The molecule has 2 N–H and O–H groups in total. The first-order valence-corrected chi connectivity index (χ1v) is 7.51. The highest BCUT2D eigenvalue weighted by atomic mass is 16.5. The molecular weight excluding hydrogens is 242 g/mol. The second-order valence-corrected chi connectivity index (χ2v) is 5.84. The number of nitrogens with two attached hydrogens (primary N) is 1. The Morgan fingerprint density at radius 3 is 2.42 bits per heavy atom. The van der Waals surface area contributed by atoms with Gasteiger partial charge in [-0.05, 0) is 12.8 Å². The van der Waals surface area contributed by atoms with Gasteiger partial charge >= 0.3 is 0 Å². The first kappa shape index (κ1) is 13.1. The van der Waals surface area contributed by atoms with E-state index in [1.807, 2.05) is 0 Å². The van der Waals surface area contributed by atoms with Gasteiger partial charge in [0.1, 0.15) is 0 Å². The van der Waals surface area contributed by atoms with E-state index in [9.17, 15) is 0 Å². The van der Waals surface area contributed by atoms with E-state index >= 15 is 0 Å². The second-order valence-electron chi connectivity index (χ2n) is 5.84. The van der Waals surface area contributed by atoms with Gasteiger partial charge in [-0.15, -0.1) is 0 Å². The molecule has 0 spiro atoms. The number of nitrogens with zero attached hydrogens (tertiary/aromatic N) is 2. The Morgan fingerprint density at radius 2 is 1.74 bits per heavy atom. The molecule has 5 nitrogen and oxygen atoms in total. The van der Waals surface area contributed by atoms with Crippen LogP contribution in [0.1, 0.15) is 68.5 Å². The third-order valence-electron chi connectivity index (χ3n) is 4.37. The molecular formula is C14H23N3O2. The van der Waals surface area contributed by atoms with Gasteiger partial charge in [-0.3, -0.25) is 0 Å². The second kappa shape index (κ2) is 6.01. The largest absolute Gasteiger partial charge is 0.379 e. The molecule has 2 heterocycles. The Morgan fingerprint density at radius 1 is 1.00 bits per heavy atom. The zero-order valence-corrected chi connectivity index (χ0v) is 11.4. The normalized spacial score (nSPS) is 30.2. The van der Waals surface area contributed by atoms with Crippen LogP contribution in [0.2, 0.25) is 0 Å². The summed E-state index contributed by atoms with van der Waals surface area (Å²) in [6, 6.07) is -0.00867. The predicted molar refractivity (Wildman–Crippen MR) is 70.9 cm³/mol. The number of hydrogen-bond acceptors (Lipinski definition) is 5. The predicted octanol–water partition coefficient (Wildman–Crippen LogP) is 2.34. The molecule has 0 amide bonds. The van der Waals surface area contributed by atoms with E-state index in [4.69, 9.17) is 15.0 Å². The SMILES string of the molecule is NC1COCC1c1nc(C2CCCCCCC2)no1. The zero-order chi connectivity index (χ0) is 13.1. The third kappa shape index (κ3) is 2.98. The van der Waals surface area contributed by atoms with Crippen LogP contribution < -0.4 is 5.73 Å². The zero-order valence-electron chi connectivity index (χ0n) is 11.4.